The average Bonchev–Trinajstić information content (AvgIpc) is 2.76. The molecule has 0 aliphatic heterocycles. The number of thiophene rings is 1. The van der Waals surface area contributed by atoms with Gasteiger partial charge in [0.1, 0.15) is 11.9 Å². The van der Waals surface area contributed by atoms with Gasteiger partial charge in [-0.2, -0.15) is 5.26 Å². The molecular weight excluding hydrogens is 206 g/mol. The van der Waals surface area contributed by atoms with E-state index in [-0.39, 0.29) is 0 Å². The fourth-order valence-electron chi connectivity index (χ4n) is 1.18. The van der Waals surface area contributed by atoms with Gasteiger partial charge in [-0.1, -0.05) is 6.07 Å². The third-order valence-corrected chi connectivity index (χ3v) is 2.83. The molecule has 0 aromatic carbocycles. The quantitative estimate of drug-likeness (QED) is 0.856. The molecule has 0 amide bonds. The average molecular weight is 215 g/mol. The van der Waals surface area contributed by atoms with Crippen molar-refractivity contribution in [3.05, 3.63) is 46.3 Å². The van der Waals surface area contributed by atoms with Crippen molar-refractivity contribution in [2.24, 2.45) is 0 Å². The summed E-state index contributed by atoms with van der Waals surface area (Å²) in [6.45, 7) is 0.712. The van der Waals surface area contributed by atoms with Gasteiger partial charge in [-0.15, -0.1) is 11.3 Å². The second-order valence-corrected chi connectivity index (χ2v) is 3.98. The lowest BCUT2D eigenvalue weighted by atomic mass is 10.3. The van der Waals surface area contributed by atoms with Gasteiger partial charge < -0.3 is 5.32 Å². The summed E-state index contributed by atoms with van der Waals surface area (Å²) in [6.07, 6.45) is 1.75. The molecule has 2 aromatic rings. The summed E-state index contributed by atoms with van der Waals surface area (Å²) >= 11 is 1.58. The highest BCUT2D eigenvalue weighted by molar-refractivity contribution is 7.10. The van der Waals surface area contributed by atoms with E-state index in [9.17, 15) is 0 Å². The summed E-state index contributed by atoms with van der Waals surface area (Å²) in [5.41, 5.74) is 0.720. The lowest BCUT2D eigenvalue weighted by Gasteiger charge is -2.01. The number of nitrogens with one attached hydrogen (secondary N) is 1. The van der Waals surface area contributed by atoms with Gasteiger partial charge in [0.05, 0.1) is 12.1 Å². The van der Waals surface area contributed by atoms with E-state index in [0.29, 0.717) is 6.54 Å². The number of nitrogens with zero attached hydrogens (tertiary/aromatic N) is 2. The van der Waals surface area contributed by atoms with E-state index in [4.69, 9.17) is 5.26 Å². The summed E-state index contributed by atoms with van der Waals surface area (Å²) in [6, 6.07) is 9.73. The standard InChI is InChI=1S/C11H9N3S/c12-6-9-5-10(15-8-9)7-14-11-3-1-2-4-13-11/h1-5,8H,7H2,(H,13,14). The predicted molar refractivity (Wildman–Crippen MR) is 60.6 cm³/mol. The maximum Gasteiger partial charge on any atom is 0.126 e. The van der Waals surface area contributed by atoms with Crippen LogP contribution in [0.25, 0.3) is 0 Å². The molecule has 0 aliphatic rings. The van der Waals surface area contributed by atoms with Crippen LogP contribution < -0.4 is 5.32 Å². The van der Waals surface area contributed by atoms with E-state index in [1.54, 1.807) is 17.5 Å². The molecule has 0 bridgehead atoms. The number of anilines is 1. The van der Waals surface area contributed by atoms with Crippen molar-refractivity contribution in [1.82, 2.24) is 4.98 Å². The van der Waals surface area contributed by atoms with Gasteiger partial charge in [0.25, 0.3) is 0 Å². The normalized spacial score (nSPS) is 9.53. The van der Waals surface area contributed by atoms with Crippen molar-refractivity contribution in [3.63, 3.8) is 0 Å². The zero-order valence-corrected chi connectivity index (χ0v) is 8.79. The molecule has 0 atom stereocenters. The van der Waals surface area contributed by atoms with Crippen LogP contribution >= 0.6 is 11.3 Å². The highest BCUT2D eigenvalue weighted by Gasteiger charge is 1.98. The van der Waals surface area contributed by atoms with Crippen LogP contribution in [0.2, 0.25) is 0 Å². The Morgan fingerprint density at radius 2 is 2.40 bits per heavy atom. The van der Waals surface area contributed by atoms with Crippen LogP contribution in [0, 0.1) is 11.3 Å². The van der Waals surface area contributed by atoms with Crippen LogP contribution in [0.4, 0.5) is 5.82 Å². The van der Waals surface area contributed by atoms with Gasteiger partial charge in [-0.3, -0.25) is 0 Å². The van der Waals surface area contributed by atoms with E-state index in [1.807, 2.05) is 29.6 Å². The molecule has 0 spiro atoms. The van der Waals surface area contributed by atoms with Gasteiger partial charge in [0.2, 0.25) is 0 Å². The third-order valence-electron chi connectivity index (χ3n) is 1.89. The Kier molecular flexibility index (Phi) is 2.96. The first-order valence-electron chi connectivity index (χ1n) is 4.51. The Labute approximate surface area is 92.0 Å². The fraction of sp³-hybridized carbons (Fsp3) is 0.0909. The maximum atomic E-state index is 8.66. The highest BCUT2D eigenvalue weighted by atomic mass is 32.1. The zero-order chi connectivity index (χ0) is 10.5. The van der Waals surface area contributed by atoms with E-state index >= 15 is 0 Å². The number of nitriles is 1. The Hall–Kier alpha value is -1.86. The first kappa shape index (κ1) is 9.69. The Morgan fingerprint density at radius 1 is 1.47 bits per heavy atom. The summed E-state index contributed by atoms with van der Waals surface area (Å²) in [7, 11) is 0. The summed E-state index contributed by atoms with van der Waals surface area (Å²) in [5.74, 6) is 0.851. The summed E-state index contributed by atoms with van der Waals surface area (Å²) in [4.78, 5) is 5.29. The SMILES string of the molecule is N#Cc1csc(CNc2ccccn2)c1. The van der Waals surface area contributed by atoms with E-state index in [0.717, 1.165) is 16.3 Å². The molecular formula is C11H9N3S. The first-order valence-corrected chi connectivity index (χ1v) is 5.39. The lowest BCUT2D eigenvalue weighted by Crippen LogP contribution is -1.98. The zero-order valence-electron chi connectivity index (χ0n) is 7.97. The van der Waals surface area contributed by atoms with Gasteiger partial charge in [-0.25, -0.2) is 4.98 Å². The Morgan fingerprint density at radius 3 is 3.07 bits per heavy atom. The molecule has 4 heteroatoms. The second kappa shape index (κ2) is 4.58. The minimum Gasteiger partial charge on any atom is -0.365 e. The number of aromatic nitrogens is 1. The molecule has 74 valence electrons. The second-order valence-electron chi connectivity index (χ2n) is 2.98. The van der Waals surface area contributed by atoms with Crippen molar-refractivity contribution in [1.29, 1.82) is 5.26 Å². The Bertz CT molecular complexity index is 470. The maximum absolute atomic E-state index is 8.66. The van der Waals surface area contributed by atoms with Crippen LogP contribution in [-0.2, 0) is 6.54 Å². The molecule has 1 N–H and O–H groups in total. The molecule has 2 aromatic heterocycles. The van der Waals surface area contributed by atoms with Crippen LogP contribution in [0.3, 0.4) is 0 Å². The Balaban J connectivity index is 1.97. The number of hydrogen-bond donors (Lipinski definition) is 1. The molecule has 0 aliphatic carbocycles. The summed E-state index contributed by atoms with van der Waals surface area (Å²) in [5, 5.41) is 13.7. The van der Waals surface area contributed by atoms with Gasteiger partial charge in [0.15, 0.2) is 0 Å². The van der Waals surface area contributed by atoms with Crippen LogP contribution in [0.15, 0.2) is 35.8 Å². The predicted octanol–water partition coefficient (Wildman–Crippen LogP) is 2.63. The minimum atomic E-state index is 0.712. The summed E-state index contributed by atoms with van der Waals surface area (Å²) < 4.78 is 0. The monoisotopic (exact) mass is 215 g/mol. The number of hydrogen-bond acceptors (Lipinski definition) is 4. The minimum absolute atomic E-state index is 0.712. The van der Waals surface area contributed by atoms with Gasteiger partial charge in [-0.05, 0) is 18.2 Å². The number of pyridine rings is 1. The van der Waals surface area contributed by atoms with Crippen molar-refractivity contribution >= 4 is 17.2 Å². The highest BCUT2D eigenvalue weighted by Crippen LogP contribution is 2.15. The fourth-order valence-corrected chi connectivity index (χ4v) is 1.93. The molecule has 0 saturated heterocycles. The lowest BCUT2D eigenvalue weighted by molar-refractivity contribution is 1.14. The van der Waals surface area contributed by atoms with Crippen molar-refractivity contribution < 1.29 is 0 Å². The van der Waals surface area contributed by atoms with Crippen molar-refractivity contribution in [2.45, 2.75) is 6.54 Å². The van der Waals surface area contributed by atoms with Gasteiger partial charge >= 0.3 is 0 Å². The smallest absolute Gasteiger partial charge is 0.126 e. The van der Waals surface area contributed by atoms with E-state index in [1.165, 1.54) is 0 Å². The largest absolute Gasteiger partial charge is 0.365 e. The van der Waals surface area contributed by atoms with Crippen LogP contribution in [-0.4, -0.2) is 4.98 Å². The van der Waals surface area contributed by atoms with Gasteiger partial charge in [0, 0.05) is 16.5 Å². The molecule has 3 nitrogen and oxygen atoms in total. The van der Waals surface area contributed by atoms with Crippen molar-refractivity contribution in [2.75, 3.05) is 5.32 Å². The third kappa shape index (κ3) is 2.55. The molecule has 2 heterocycles. The molecule has 0 saturated carbocycles. The van der Waals surface area contributed by atoms with Crippen molar-refractivity contribution in [3.8, 4) is 6.07 Å². The van der Waals surface area contributed by atoms with E-state index in [2.05, 4.69) is 16.4 Å². The topological polar surface area (TPSA) is 48.7 Å². The molecule has 0 unspecified atom stereocenters. The van der Waals surface area contributed by atoms with E-state index < -0.39 is 0 Å². The molecule has 0 fully saturated rings. The first-order chi connectivity index (χ1) is 7.38. The molecule has 15 heavy (non-hydrogen) atoms. The number of rotatable bonds is 3. The molecule has 0 radical (unpaired) electrons. The van der Waals surface area contributed by atoms with Crippen LogP contribution in [0.1, 0.15) is 10.4 Å². The van der Waals surface area contributed by atoms with Crippen LogP contribution in [0.5, 0.6) is 0 Å². The molecule has 2 rings (SSSR count).